The Hall–Kier alpha value is -2.96. The number of carbonyl (C=O) groups is 2. The van der Waals surface area contributed by atoms with E-state index in [4.69, 9.17) is 10.00 Å². The van der Waals surface area contributed by atoms with Crippen molar-refractivity contribution >= 4 is 50.9 Å². The van der Waals surface area contributed by atoms with Gasteiger partial charge in [0.05, 0.1) is 24.8 Å². The van der Waals surface area contributed by atoms with E-state index in [-0.39, 0.29) is 24.1 Å². The second-order valence-electron chi connectivity index (χ2n) is 7.62. The second kappa shape index (κ2) is 10.8. The number of hydrogen-bond acceptors (Lipinski definition) is 8. The first kappa shape index (κ1) is 24.7. The minimum Gasteiger partial charge on any atom is -0.462 e. The summed E-state index contributed by atoms with van der Waals surface area (Å²) < 4.78 is 5.17. The third-order valence-corrected chi connectivity index (χ3v) is 7.05. The molecule has 0 unspecified atom stereocenters. The van der Waals surface area contributed by atoms with E-state index in [2.05, 4.69) is 16.0 Å². The molecule has 1 aromatic carbocycles. The maximum Gasteiger partial charge on any atom is 0.348 e. The molecule has 0 aliphatic heterocycles. The standard InChI is InChI=1S/C24H26N4O3S2/c1-6-31-24(30)21-16(4)20-22(26-17(5)27-23(20)33-21)32-13-19(29)28(9-7-8-25)18-11-14(2)10-15(3)12-18/h10-12H,6-7,9,13H2,1-5H3. The van der Waals surface area contributed by atoms with Crippen LogP contribution in [0.15, 0.2) is 23.2 Å². The Labute approximate surface area is 201 Å². The minimum atomic E-state index is -0.375. The van der Waals surface area contributed by atoms with Crippen LogP contribution in [0, 0.1) is 39.0 Å². The highest BCUT2D eigenvalue weighted by Crippen LogP contribution is 2.36. The Morgan fingerprint density at radius 3 is 2.48 bits per heavy atom. The van der Waals surface area contributed by atoms with Gasteiger partial charge in [0.25, 0.3) is 0 Å². The molecule has 3 rings (SSSR count). The van der Waals surface area contributed by atoms with E-state index < -0.39 is 0 Å². The fourth-order valence-electron chi connectivity index (χ4n) is 3.57. The number of nitrogens with zero attached hydrogens (tertiary/aromatic N) is 4. The summed E-state index contributed by atoms with van der Waals surface area (Å²) >= 11 is 2.60. The molecule has 172 valence electrons. The molecule has 0 N–H and O–H groups in total. The van der Waals surface area contributed by atoms with Crippen molar-refractivity contribution < 1.29 is 14.3 Å². The van der Waals surface area contributed by atoms with Gasteiger partial charge in [0.2, 0.25) is 5.91 Å². The molecule has 0 aliphatic carbocycles. The molecule has 9 heteroatoms. The van der Waals surface area contributed by atoms with Crippen LogP contribution in [0.3, 0.4) is 0 Å². The number of fused-ring (bicyclic) bond motifs is 1. The second-order valence-corrected chi connectivity index (χ2v) is 9.58. The normalized spacial score (nSPS) is 10.8. The highest BCUT2D eigenvalue weighted by atomic mass is 32.2. The first-order chi connectivity index (χ1) is 15.7. The highest BCUT2D eigenvalue weighted by Gasteiger charge is 2.23. The van der Waals surface area contributed by atoms with Gasteiger partial charge in [0, 0.05) is 17.6 Å². The first-order valence-corrected chi connectivity index (χ1v) is 12.4. The van der Waals surface area contributed by atoms with Gasteiger partial charge in [-0.15, -0.1) is 11.3 Å². The van der Waals surface area contributed by atoms with Crippen molar-refractivity contribution in [1.82, 2.24) is 9.97 Å². The van der Waals surface area contributed by atoms with Crippen molar-refractivity contribution in [2.24, 2.45) is 0 Å². The number of esters is 1. The zero-order chi connectivity index (χ0) is 24.1. The van der Waals surface area contributed by atoms with Crippen molar-refractivity contribution in [2.75, 3.05) is 23.8 Å². The number of aromatic nitrogens is 2. The lowest BCUT2D eigenvalue weighted by atomic mass is 10.1. The summed E-state index contributed by atoms with van der Waals surface area (Å²) in [5.74, 6) is 0.238. The van der Waals surface area contributed by atoms with Crippen molar-refractivity contribution in [3.63, 3.8) is 0 Å². The molecule has 3 aromatic rings. The number of ether oxygens (including phenoxy) is 1. The third kappa shape index (κ3) is 5.70. The van der Waals surface area contributed by atoms with E-state index in [1.165, 1.54) is 23.1 Å². The van der Waals surface area contributed by atoms with Crippen LogP contribution in [0.5, 0.6) is 0 Å². The quantitative estimate of drug-likeness (QED) is 0.249. The lowest BCUT2D eigenvalue weighted by Crippen LogP contribution is -2.33. The molecule has 0 bridgehead atoms. The van der Waals surface area contributed by atoms with Gasteiger partial charge < -0.3 is 9.64 Å². The van der Waals surface area contributed by atoms with Gasteiger partial charge in [-0.3, -0.25) is 4.79 Å². The first-order valence-electron chi connectivity index (χ1n) is 10.6. The number of thioether (sulfide) groups is 1. The zero-order valence-electron chi connectivity index (χ0n) is 19.4. The molecule has 0 radical (unpaired) electrons. The van der Waals surface area contributed by atoms with E-state index in [1.807, 2.05) is 39.0 Å². The van der Waals surface area contributed by atoms with Crippen LogP contribution in [-0.2, 0) is 9.53 Å². The largest absolute Gasteiger partial charge is 0.462 e. The number of hydrogen-bond donors (Lipinski definition) is 0. The summed E-state index contributed by atoms with van der Waals surface area (Å²) in [6.07, 6.45) is 0.243. The SMILES string of the molecule is CCOC(=O)c1sc2nc(C)nc(SCC(=O)N(CCC#N)c3cc(C)cc(C)c3)c2c1C. The van der Waals surface area contributed by atoms with Gasteiger partial charge in [0.1, 0.15) is 20.6 Å². The molecule has 2 heterocycles. The van der Waals surface area contributed by atoms with Gasteiger partial charge >= 0.3 is 5.97 Å². The lowest BCUT2D eigenvalue weighted by molar-refractivity contribution is -0.116. The van der Waals surface area contributed by atoms with Crippen LogP contribution >= 0.6 is 23.1 Å². The average molecular weight is 483 g/mol. The van der Waals surface area contributed by atoms with Crippen LogP contribution < -0.4 is 4.90 Å². The molecule has 0 fully saturated rings. The smallest absolute Gasteiger partial charge is 0.348 e. The van der Waals surface area contributed by atoms with Crippen LogP contribution in [0.1, 0.15) is 45.5 Å². The molecule has 0 spiro atoms. The maximum absolute atomic E-state index is 13.2. The summed E-state index contributed by atoms with van der Waals surface area (Å²) in [7, 11) is 0. The predicted molar refractivity (Wildman–Crippen MR) is 132 cm³/mol. The molecule has 2 aromatic heterocycles. The van der Waals surface area contributed by atoms with Crippen molar-refractivity contribution in [1.29, 1.82) is 5.26 Å². The topological polar surface area (TPSA) is 96.2 Å². The Bertz CT molecular complexity index is 1230. The van der Waals surface area contributed by atoms with E-state index in [1.54, 1.807) is 18.7 Å². The Morgan fingerprint density at radius 1 is 1.15 bits per heavy atom. The van der Waals surface area contributed by atoms with E-state index in [0.29, 0.717) is 33.7 Å². The predicted octanol–water partition coefficient (Wildman–Crippen LogP) is 5.14. The molecule has 0 saturated heterocycles. The molecule has 0 atom stereocenters. The fraction of sp³-hybridized carbons (Fsp3) is 0.375. The average Bonchev–Trinajstić information content (AvgIpc) is 3.08. The summed E-state index contributed by atoms with van der Waals surface area (Å²) in [6, 6.07) is 8.08. The molecule has 33 heavy (non-hydrogen) atoms. The molecule has 0 saturated carbocycles. The van der Waals surface area contributed by atoms with Gasteiger partial charge in [0.15, 0.2) is 0 Å². The molecule has 1 amide bonds. The van der Waals surface area contributed by atoms with Gasteiger partial charge in [-0.25, -0.2) is 14.8 Å². The Kier molecular flexibility index (Phi) is 8.06. The fourth-order valence-corrected chi connectivity index (χ4v) is 5.77. The van der Waals surface area contributed by atoms with Crippen molar-refractivity contribution in [2.45, 2.75) is 46.1 Å². The summed E-state index contributed by atoms with van der Waals surface area (Å²) in [5, 5.41) is 10.5. The number of amides is 1. The summed E-state index contributed by atoms with van der Waals surface area (Å²) in [6.45, 7) is 10.00. The number of rotatable bonds is 8. The number of thiophene rings is 1. The number of carbonyl (C=O) groups excluding carboxylic acids is 2. The van der Waals surface area contributed by atoms with Crippen LogP contribution in [0.2, 0.25) is 0 Å². The number of anilines is 1. The van der Waals surface area contributed by atoms with E-state index in [9.17, 15) is 9.59 Å². The molecule has 7 nitrogen and oxygen atoms in total. The number of benzene rings is 1. The Morgan fingerprint density at radius 2 is 1.85 bits per heavy atom. The third-order valence-electron chi connectivity index (χ3n) is 4.93. The van der Waals surface area contributed by atoms with Gasteiger partial charge in [-0.2, -0.15) is 5.26 Å². The summed E-state index contributed by atoms with van der Waals surface area (Å²) in [4.78, 5) is 37.5. The van der Waals surface area contributed by atoms with Crippen LogP contribution in [0.4, 0.5) is 5.69 Å². The monoisotopic (exact) mass is 482 g/mol. The number of nitriles is 1. The van der Waals surface area contributed by atoms with Crippen LogP contribution in [0.25, 0.3) is 10.2 Å². The van der Waals surface area contributed by atoms with Gasteiger partial charge in [-0.1, -0.05) is 17.8 Å². The lowest BCUT2D eigenvalue weighted by Gasteiger charge is -2.22. The molecular formula is C24H26N4O3S2. The summed E-state index contributed by atoms with van der Waals surface area (Å²) in [5.41, 5.74) is 3.66. The van der Waals surface area contributed by atoms with Crippen molar-refractivity contribution in [3.8, 4) is 6.07 Å². The maximum atomic E-state index is 13.2. The number of aryl methyl sites for hydroxylation is 4. The van der Waals surface area contributed by atoms with Gasteiger partial charge in [-0.05, 0) is 63.4 Å². The highest BCUT2D eigenvalue weighted by molar-refractivity contribution is 8.00. The van der Waals surface area contributed by atoms with Crippen molar-refractivity contribution in [3.05, 3.63) is 45.6 Å². The molecular weight excluding hydrogens is 456 g/mol. The Balaban J connectivity index is 1.90. The van der Waals surface area contributed by atoms with Crippen LogP contribution in [-0.4, -0.2) is 40.7 Å². The minimum absolute atomic E-state index is 0.108. The zero-order valence-corrected chi connectivity index (χ0v) is 21.0. The van der Waals surface area contributed by atoms with E-state index >= 15 is 0 Å². The molecule has 0 aliphatic rings. The van der Waals surface area contributed by atoms with E-state index in [0.717, 1.165) is 27.8 Å².